The highest BCUT2D eigenvalue weighted by atomic mass is 79.9. The van der Waals surface area contributed by atoms with E-state index in [2.05, 4.69) is 26.0 Å². The molecular weight excluding hydrogens is 404 g/mol. The molecular formula is C18H21BrN2O3S. The van der Waals surface area contributed by atoms with Gasteiger partial charge >= 0.3 is 0 Å². The van der Waals surface area contributed by atoms with E-state index >= 15 is 0 Å². The highest BCUT2D eigenvalue weighted by molar-refractivity contribution is 9.10. The number of amides is 1. The first-order valence-corrected chi connectivity index (χ1v) is 10.3. The lowest BCUT2D eigenvalue weighted by Crippen LogP contribution is -2.24. The first kappa shape index (κ1) is 19.6. The molecule has 2 N–H and O–H groups in total. The molecule has 0 aromatic heterocycles. The van der Waals surface area contributed by atoms with Crippen molar-refractivity contribution >= 4 is 37.5 Å². The fraction of sp³-hybridized carbons (Fsp3) is 0.278. The summed E-state index contributed by atoms with van der Waals surface area (Å²) in [6.07, 6.45) is 1.97. The van der Waals surface area contributed by atoms with Crippen molar-refractivity contribution in [1.29, 1.82) is 0 Å². The van der Waals surface area contributed by atoms with Crippen molar-refractivity contribution in [3.63, 3.8) is 0 Å². The van der Waals surface area contributed by atoms with Crippen molar-refractivity contribution < 1.29 is 13.2 Å². The monoisotopic (exact) mass is 424 g/mol. The van der Waals surface area contributed by atoms with Crippen LogP contribution in [0.4, 0.5) is 5.69 Å². The van der Waals surface area contributed by atoms with Gasteiger partial charge in [0.05, 0.1) is 11.3 Å². The molecule has 0 saturated heterocycles. The Bertz CT molecular complexity index is 803. The molecule has 0 bridgehead atoms. The standard InChI is InChI=1S/C18H21BrN2O3S/c1-2-3-12-20-25(23,24)17-10-8-16(9-11-17)21-18(22)13-14-4-6-15(19)7-5-14/h4-11,20H,2-3,12-13H2,1H3,(H,21,22). The van der Waals surface area contributed by atoms with Crippen LogP contribution in [0.15, 0.2) is 57.9 Å². The van der Waals surface area contributed by atoms with Crippen LogP contribution in [0.3, 0.4) is 0 Å². The fourth-order valence-electron chi connectivity index (χ4n) is 2.18. The van der Waals surface area contributed by atoms with Gasteiger partial charge in [-0.05, 0) is 48.4 Å². The second-order valence-corrected chi connectivity index (χ2v) is 8.31. The molecule has 0 unspecified atom stereocenters. The van der Waals surface area contributed by atoms with Gasteiger partial charge in [0.1, 0.15) is 0 Å². The summed E-state index contributed by atoms with van der Waals surface area (Å²) in [6, 6.07) is 13.7. The number of hydrogen-bond acceptors (Lipinski definition) is 3. The Morgan fingerprint density at radius 3 is 2.28 bits per heavy atom. The van der Waals surface area contributed by atoms with Crippen LogP contribution in [-0.2, 0) is 21.2 Å². The van der Waals surface area contributed by atoms with Crippen LogP contribution in [0.25, 0.3) is 0 Å². The number of carbonyl (C=O) groups is 1. The normalized spacial score (nSPS) is 11.3. The van der Waals surface area contributed by atoms with Gasteiger partial charge in [-0.3, -0.25) is 4.79 Å². The Morgan fingerprint density at radius 1 is 1.04 bits per heavy atom. The number of halogens is 1. The van der Waals surface area contributed by atoms with Crippen molar-refractivity contribution in [1.82, 2.24) is 4.72 Å². The minimum Gasteiger partial charge on any atom is -0.326 e. The molecule has 0 aliphatic rings. The number of unbranched alkanes of at least 4 members (excludes halogenated alkanes) is 1. The zero-order valence-electron chi connectivity index (χ0n) is 14.0. The number of hydrogen-bond donors (Lipinski definition) is 2. The van der Waals surface area contributed by atoms with Gasteiger partial charge in [0, 0.05) is 16.7 Å². The van der Waals surface area contributed by atoms with Crippen LogP contribution in [-0.4, -0.2) is 20.9 Å². The predicted octanol–water partition coefficient (Wildman–Crippen LogP) is 3.71. The predicted molar refractivity (Wildman–Crippen MR) is 103 cm³/mol. The molecule has 0 aliphatic heterocycles. The van der Waals surface area contributed by atoms with Crippen molar-refractivity contribution in [3.05, 3.63) is 58.6 Å². The number of sulfonamides is 1. The topological polar surface area (TPSA) is 75.3 Å². The van der Waals surface area contributed by atoms with Gasteiger partial charge in [0.2, 0.25) is 15.9 Å². The van der Waals surface area contributed by atoms with Gasteiger partial charge in [0.15, 0.2) is 0 Å². The van der Waals surface area contributed by atoms with Gasteiger partial charge < -0.3 is 5.32 Å². The summed E-state index contributed by atoms with van der Waals surface area (Å²) in [5.41, 5.74) is 1.47. The van der Waals surface area contributed by atoms with Crippen molar-refractivity contribution in [2.24, 2.45) is 0 Å². The van der Waals surface area contributed by atoms with Crippen LogP contribution in [0, 0.1) is 0 Å². The molecule has 0 heterocycles. The highest BCUT2D eigenvalue weighted by Crippen LogP contribution is 2.15. The molecule has 0 fully saturated rings. The Kier molecular flexibility index (Phi) is 7.16. The van der Waals surface area contributed by atoms with Crippen molar-refractivity contribution in [2.75, 3.05) is 11.9 Å². The van der Waals surface area contributed by atoms with Gasteiger partial charge in [-0.15, -0.1) is 0 Å². The Balaban J connectivity index is 1.95. The van der Waals surface area contributed by atoms with Crippen LogP contribution >= 0.6 is 15.9 Å². The van der Waals surface area contributed by atoms with E-state index in [0.717, 1.165) is 22.9 Å². The van der Waals surface area contributed by atoms with Crippen LogP contribution < -0.4 is 10.0 Å². The maximum atomic E-state index is 12.1. The zero-order chi connectivity index (χ0) is 18.3. The summed E-state index contributed by atoms with van der Waals surface area (Å²) in [7, 11) is -3.50. The maximum absolute atomic E-state index is 12.1. The maximum Gasteiger partial charge on any atom is 0.240 e. The molecule has 2 aromatic carbocycles. The first-order chi connectivity index (χ1) is 11.9. The van der Waals surface area contributed by atoms with Gasteiger partial charge in [-0.25, -0.2) is 13.1 Å². The van der Waals surface area contributed by atoms with Crippen LogP contribution in [0.5, 0.6) is 0 Å². The number of rotatable bonds is 8. The molecule has 134 valence electrons. The Labute approximate surface area is 157 Å². The summed E-state index contributed by atoms with van der Waals surface area (Å²) in [6.45, 7) is 2.42. The van der Waals surface area contributed by atoms with Crippen LogP contribution in [0.2, 0.25) is 0 Å². The number of anilines is 1. The summed E-state index contributed by atoms with van der Waals surface area (Å²) in [5, 5.41) is 2.77. The first-order valence-electron chi connectivity index (χ1n) is 8.05. The smallest absolute Gasteiger partial charge is 0.240 e. The molecule has 0 spiro atoms. The van der Waals surface area contributed by atoms with E-state index in [0.29, 0.717) is 12.2 Å². The summed E-state index contributed by atoms with van der Waals surface area (Å²) in [5.74, 6) is -0.154. The average Bonchev–Trinajstić information content (AvgIpc) is 2.57. The van der Waals surface area contributed by atoms with Crippen LogP contribution in [0.1, 0.15) is 25.3 Å². The largest absolute Gasteiger partial charge is 0.326 e. The molecule has 1 amide bonds. The third kappa shape index (κ3) is 6.26. The lowest BCUT2D eigenvalue weighted by Gasteiger charge is -2.08. The van der Waals surface area contributed by atoms with E-state index in [1.54, 1.807) is 12.1 Å². The second kappa shape index (κ2) is 9.12. The van der Waals surface area contributed by atoms with E-state index in [-0.39, 0.29) is 17.2 Å². The lowest BCUT2D eigenvalue weighted by atomic mass is 10.1. The summed E-state index contributed by atoms with van der Waals surface area (Å²) >= 11 is 3.35. The zero-order valence-corrected chi connectivity index (χ0v) is 16.4. The van der Waals surface area contributed by atoms with E-state index in [1.807, 2.05) is 31.2 Å². The fourth-order valence-corrected chi connectivity index (χ4v) is 3.52. The van der Waals surface area contributed by atoms with E-state index in [9.17, 15) is 13.2 Å². The second-order valence-electron chi connectivity index (χ2n) is 5.63. The number of nitrogens with one attached hydrogen (secondary N) is 2. The van der Waals surface area contributed by atoms with Crippen molar-refractivity contribution in [3.8, 4) is 0 Å². The molecule has 0 atom stereocenters. The molecule has 0 aliphatic carbocycles. The molecule has 5 nitrogen and oxygen atoms in total. The molecule has 0 saturated carbocycles. The molecule has 2 rings (SSSR count). The average molecular weight is 425 g/mol. The minimum atomic E-state index is -3.50. The van der Waals surface area contributed by atoms with Crippen molar-refractivity contribution in [2.45, 2.75) is 31.1 Å². The molecule has 0 radical (unpaired) electrons. The third-order valence-corrected chi connectivity index (χ3v) is 5.55. The number of benzene rings is 2. The van der Waals surface area contributed by atoms with Gasteiger partial charge in [-0.2, -0.15) is 0 Å². The number of carbonyl (C=O) groups excluding carboxylic acids is 1. The third-order valence-electron chi connectivity index (χ3n) is 3.55. The summed E-state index contributed by atoms with van der Waals surface area (Å²) in [4.78, 5) is 12.3. The SMILES string of the molecule is CCCCNS(=O)(=O)c1ccc(NC(=O)Cc2ccc(Br)cc2)cc1. The quantitative estimate of drug-likeness (QED) is 0.634. The molecule has 2 aromatic rings. The molecule has 7 heteroatoms. The summed E-state index contributed by atoms with van der Waals surface area (Å²) < 4.78 is 27.7. The minimum absolute atomic E-state index is 0.154. The highest BCUT2D eigenvalue weighted by Gasteiger charge is 2.13. The lowest BCUT2D eigenvalue weighted by molar-refractivity contribution is -0.115. The van der Waals surface area contributed by atoms with Gasteiger partial charge in [0.25, 0.3) is 0 Å². The van der Waals surface area contributed by atoms with Gasteiger partial charge in [-0.1, -0.05) is 41.4 Å². The van der Waals surface area contributed by atoms with E-state index < -0.39 is 10.0 Å². The van der Waals surface area contributed by atoms with E-state index in [4.69, 9.17) is 0 Å². The Hall–Kier alpha value is -1.70. The molecule has 25 heavy (non-hydrogen) atoms. The Morgan fingerprint density at radius 2 is 1.68 bits per heavy atom. The van der Waals surface area contributed by atoms with E-state index in [1.165, 1.54) is 12.1 Å².